The lowest BCUT2D eigenvalue weighted by atomic mass is 10.3. The van der Waals surface area contributed by atoms with Gasteiger partial charge in [0.05, 0.1) is 10.7 Å². The van der Waals surface area contributed by atoms with Crippen molar-refractivity contribution in [1.82, 2.24) is 0 Å². The molecule has 0 atom stereocenters. The topological polar surface area (TPSA) is 16.4 Å². The summed E-state index contributed by atoms with van der Waals surface area (Å²) in [5, 5.41) is 2.46. The lowest BCUT2D eigenvalue weighted by Crippen LogP contribution is -3.00. The molecular formula is C19H19IN2OS2. The van der Waals surface area contributed by atoms with Crippen LogP contribution >= 0.6 is 23.1 Å². The van der Waals surface area contributed by atoms with Crippen molar-refractivity contribution in [3.05, 3.63) is 57.4 Å². The molecule has 0 unspecified atom stereocenters. The normalized spacial score (nSPS) is 16.7. The lowest BCUT2D eigenvalue weighted by Gasteiger charge is -2.17. The maximum absolute atomic E-state index is 5.72. The summed E-state index contributed by atoms with van der Waals surface area (Å²) in [5.74, 6) is 0.965. The quantitative estimate of drug-likeness (QED) is 0.487. The number of hydrogen-bond acceptors (Lipinski definition) is 4. The molecule has 0 saturated heterocycles. The van der Waals surface area contributed by atoms with Crippen LogP contribution in [0.3, 0.4) is 0 Å². The van der Waals surface area contributed by atoms with Gasteiger partial charge in [-0.25, -0.2) is 0 Å². The van der Waals surface area contributed by atoms with E-state index in [1.165, 1.54) is 25.5 Å². The number of nitrogens with zero attached hydrogens (tertiary/aromatic N) is 2. The Balaban J connectivity index is 0.00000182. The van der Waals surface area contributed by atoms with Gasteiger partial charge in [-0.15, -0.1) is 0 Å². The molecule has 130 valence electrons. The second-order valence-electron chi connectivity index (χ2n) is 5.56. The second kappa shape index (κ2) is 7.97. The monoisotopic (exact) mass is 482 g/mol. The number of benzene rings is 1. The average molecular weight is 482 g/mol. The molecule has 3 nitrogen and oxygen atoms in total. The third-order valence-electron chi connectivity index (χ3n) is 4.08. The zero-order chi connectivity index (χ0) is 16.5. The van der Waals surface area contributed by atoms with E-state index in [-0.39, 0.29) is 24.0 Å². The minimum absolute atomic E-state index is 0. The largest absolute Gasteiger partial charge is 1.00 e. The number of hydrogen-bond donors (Lipinski definition) is 0. The highest BCUT2D eigenvalue weighted by Gasteiger charge is 2.24. The first-order chi connectivity index (χ1) is 11.8. The number of fused-ring (bicyclic) bond motifs is 2. The van der Waals surface area contributed by atoms with Crippen LogP contribution in [0.4, 0.5) is 5.69 Å². The summed E-state index contributed by atoms with van der Waals surface area (Å²) in [4.78, 5) is 4.87. The fraction of sp³-hybridized carbons (Fsp3) is 0.211. The Morgan fingerprint density at radius 1 is 1.32 bits per heavy atom. The summed E-state index contributed by atoms with van der Waals surface area (Å²) in [6.45, 7) is 3.83. The van der Waals surface area contributed by atoms with Crippen LogP contribution < -0.4 is 38.2 Å². The lowest BCUT2D eigenvalue weighted by molar-refractivity contribution is -0.673. The van der Waals surface area contributed by atoms with Gasteiger partial charge in [0, 0.05) is 17.5 Å². The summed E-state index contributed by atoms with van der Waals surface area (Å²) in [6.07, 6.45) is 10.7. The van der Waals surface area contributed by atoms with Crippen molar-refractivity contribution in [2.24, 2.45) is 7.05 Å². The zero-order valence-electron chi connectivity index (χ0n) is 14.1. The number of aromatic nitrogens is 1. The van der Waals surface area contributed by atoms with E-state index in [1.54, 1.807) is 11.3 Å². The molecule has 25 heavy (non-hydrogen) atoms. The van der Waals surface area contributed by atoms with Gasteiger partial charge in [-0.3, -0.25) is 0 Å². The summed E-state index contributed by atoms with van der Waals surface area (Å²) < 4.78 is 7.83. The number of anilines is 1. The van der Waals surface area contributed by atoms with Crippen molar-refractivity contribution < 1.29 is 33.3 Å². The Morgan fingerprint density at radius 2 is 2.16 bits per heavy atom. The minimum Gasteiger partial charge on any atom is -1.00 e. The highest BCUT2D eigenvalue weighted by molar-refractivity contribution is 8.03. The maximum atomic E-state index is 5.72. The number of thioether (sulfide) groups is 1. The SMILES string of the molecule is CCN1C(=CC=Cc2sc3c([n+]2C)OCC=C3)Sc2ccccc21.[I-]. The Kier molecular flexibility index (Phi) is 5.91. The van der Waals surface area contributed by atoms with E-state index in [0.29, 0.717) is 6.61 Å². The minimum atomic E-state index is 0. The van der Waals surface area contributed by atoms with E-state index in [9.17, 15) is 0 Å². The van der Waals surface area contributed by atoms with Crippen LogP contribution in [0.15, 0.2) is 52.4 Å². The van der Waals surface area contributed by atoms with E-state index in [2.05, 4.69) is 78.1 Å². The van der Waals surface area contributed by atoms with Crippen molar-refractivity contribution in [2.45, 2.75) is 11.8 Å². The van der Waals surface area contributed by atoms with Crippen molar-refractivity contribution in [1.29, 1.82) is 0 Å². The van der Waals surface area contributed by atoms with Gasteiger partial charge in [0.25, 0.3) is 5.01 Å². The van der Waals surface area contributed by atoms with Crippen LogP contribution in [0.1, 0.15) is 16.8 Å². The molecular weight excluding hydrogens is 463 g/mol. The molecule has 6 heteroatoms. The first-order valence-corrected chi connectivity index (χ1v) is 9.66. The summed E-state index contributed by atoms with van der Waals surface area (Å²) in [7, 11) is 2.06. The Labute approximate surface area is 173 Å². The molecule has 0 amide bonds. The van der Waals surface area contributed by atoms with E-state index >= 15 is 0 Å². The van der Waals surface area contributed by atoms with Gasteiger partial charge < -0.3 is 33.6 Å². The third-order valence-corrected chi connectivity index (χ3v) is 6.36. The summed E-state index contributed by atoms with van der Waals surface area (Å²) in [6, 6.07) is 8.57. The molecule has 1 aromatic carbocycles. The van der Waals surface area contributed by atoms with Crippen LogP contribution in [-0.2, 0) is 7.05 Å². The first kappa shape index (κ1) is 18.5. The van der Waals surface area contributed by atoms with Gasteiger partial charge in [-0.05, 0) is 37.3 Å². The number of ether oxygens (including phenoxy) is 1. The van der Waals surface area contributed by atoms with E-state index in [0.717, 1.165) is 12.4 Å². The van der Waals surface area contributed by atoms with Crippen LogP contribution in [0.5, 0.6) is 5.88 Å². The van der Waals surface area contributed by atoms with E-state index in [1.807, 2.05) is 11.8 Å². The van der Waals surface area contributed by atoms with Gasteiger partial charge >= 0.3 is 5.88 Å². The van der Waals surface area contributed by atoms with E-state index < -0.39 is 0 Å². The van der Waals surface area contributed by atoms with Crippen molar-refractivity contribution in [3.63, 3.8) is 0 Å². The molecule has 0 bridgehead atoms. The summed E-state index contributed by atoms with van der Waals surface area (Å²) in [5.41, 5.74) is 1.31. The molecule has 4 rings (SSSR count). The predicted molar refractivity (Wildman–Crippen MR) is 102 cm³/mol. The number of rotatable bonds is 3. The third kappa shape index (κ3) is 3.52. The van der Waals surface area contributed by atoms with Gasteiger partial charge in [-0.2, -0.15) is 4.57 Å². The number of para-hydroxylation sites is 1. The molecule has 0 aliphatic carbocycles. The van der Waals surface area contributed by atoms with Crippen LogP contribution in [0.25, 0.3) is 12.2 Å². The van der Waals surface area contributed by atoms with Gasteiger partial charge in [0.2, 0.25) is 0 Å². The molecule has 2 aliphatic rings. The number of halogens is 1. The van der Waals surface area contributed by atoms with Gasteiger partial charge in [-0.1, -0.05) is 41.3 Å². The highest BCUT2D eigenvalue weighted by Crippen LogP contribution is 2.45. The molecule has 0 saturated carbocycles. The number of thiazole rings is 1. The van der Waals surface area contributed by atoms with Crippen molar-refractivity contribution in [3.8, 4) is 5.88 Å². The van der Waals surface area contributed by atoms with Gasteiger partial charge in [0.15, 0.2) is 0 Å². The molecule has 2 aromatic rings. The fourth-order valence-corrected chi connectivity index (χ4v) is 5.09. The van der Waals surface area contributed by atoms with Crippen molar-refractivity contribution in [2.75, 3.05) is 18.1 Å². The molecule has 3 heterocycles. The molecule has 0 radical (unpaired) electrons. The van der Waals surface area contributed by atoms with Crippen molar-refractivity contribution >= 4 is 40.9 Å². The molecule has 2 aliphatic heterocycles. The molecule has 0 fully saturated rings. The number of allylic oxidation sites excluding steroid dienone is 2. The van der Waals surface area contributed by atoms with Gasteiger partial charge in [0.1, 0.15) is 18.5 Å². The molecule has 0 N–H and O–H groups in total. The van der Waals surface area contributed by atoms with Crippen LogP contribution in [-0.4, -0.2) is 13.2 Å². The zero-order valence-corrected chi connectivity index (χ0v) is 17.9. The predicted octanol–water partition coefficient (Wildman–Crippen LogP) is 1.47. The first-order valence-electron chi connectivity index (χ1n) is 8.03. The standard InChI is InChI=1S/C19H19N2OS2.HI/c1-3-21-14-8-4-5-9-15(14)23-18(21)12-6-11-17-20(2)19-16(24-17)10-7-13-22-19;/h4-12H,3,13H2,1-2H3;1H/q+1;/p-1. The second-order valence-corrected chi connectivity index (χ2v) is 7.68. The van der Waals surface area contributed by atoms with Crippen LogP contribution in [0.2, 0.25) is 0 Å². The molecule has 0 spiro atoms. The fourth-order valence-electron chi connectivity index (χ4n) is 2.91. The summed E-state index contributed by atoms with van der Waals surface area (Å²) >= 11 is 3.59. The Hall–Kier alpha value is -1.25. The highest BCUT2D eigenvalue weighted by atomic mass is 127. The smallest absolute Gasteiger partial charge is 0.387 e. The van der Waals surface area contributed by atoms with E-state index in [4.69, 9.17) is 4.74 Å². The molecule has 1 aromatic heterocycles. The average Bonchev–Trinajstić information content (AvgIpc) is 3.13. The maximum Gasteiger partial charge on any atom is 0.387 e. The Bertz CT molecular complexity index is 870. The Morgan fingerprint density at radius 3 is 2.96 bits per heavy atom. The van der Waals surface area contributed by atoms with Crippen LogP contribution in [0, 0.1) is 0 Å².